The fourth-order valence-corrected chi connectivity index (χ4v) is 8.31. The summed E-state index contributed by atoms with van der Waals surface area (Å²) in [7, 11) is -3.60. The van der Waals surface area contributed by atoms with Gasteiger partial charge < -0.3 is 15.0 Å². The van der Waals surface area contributed by atoms with Crippen LogP contribution in [0.15, 0.2) is 29.2 Å². The molecule has 1 N–H and O–H groups in total. The van der Waals surface area contributed by atoms with Crippen LogP contribution in [0.3, 0.4) is 0 Å². The van der Waals surface area contributed by atoms with Crippen molar-refractivity contribution < 1.29 is 22.7 Å². The van der Waals surface area contributed by atoms with E-state index in [0.29, 0.717) is 61.4 Å². The third kappa shape index (κ3) is 5.53. The van der Waals surface area contributed by atoms with Gasteiger partial charge in [0.05, 0.1) is 23.7 Å². The Balaban J connectivity index is 1.38. The lowest BCUT2D eigenvalue weighted by molar-refractivity contribution is 0.0303. The van der Waals surface area contributed by atoms with Crippen LogP contribution in [-0.4, -0.2) is 86.8 Å². The number of hydrogen-bond acceptors (Lipinski definition) is 7. The number of amides is 2. The highest BCUT2D eigenvalue weighted by molar-refractivity contribution is 7.89. The number of ether oxygens (including phenoxy) is 1. The van der Waals surface area contributed by atoms with Gasteiger partial charge in [0.2, 0.25) is 10.0 Å². The quantitative estimate of drug-likeness (QED) is 0.582. The highest BCUT2D eigenvalue weighted by Crippen LogP contribution is 2.38. The van der Waals surface area contributed by atoms with Crippen molar-refractivity contribution in [2.24, 2.45) is 5.92 Å². The van der Waals surface area contributed by atoms with Gasteiger partial charge in [0.15, 0.2) is 0 Å². The Morgan fingerprint density at radius 3 is 2.53 bits per heavy atom. The van der Waals surface area contributed by atoms with Crippen LogP contribution < -0.4 is 5.32 Å². The maximum absolute atomic E-state index is 13.6. The second-order valence-corrected chi connectivity index (χ2v) is 13.4. The number of thiophene rings is 1. The Morgan fingerprint density at radius 2 is 1.84 bits per heavy atom. The van der Waals surface area contributed by atoms with Crippen molar-refractivity contribution in [2.75, 3.05) is 57.8 Å². The van der Waals surface area contributed by atoms with E-state index < -0.39 is 10.0 Å². The average molecular weight is 561 g/mol. The molecule has 0 radical (unpaired) electrons. The summed E-state index contributed by atoms with van der Waals surface area (Å²) in [6.45, 7) is 9.87. The molecule has 2 fully saturated rings. The average Bonchev–Trinajstić information content (AvgIpc) is 3.29. The van der Waals surface area contributed by atoms with Crippen LogP contribution in [0.2, 0.25) is 0 Å². The summed E-state index contributed by atoms with van der Waals surface area (Å²) in [5.41, 5.74) is 1.97. The molecule has 1 aromatic heterocycles. The molecule has 0 saturated carbocycles. The summed E-state index contributed by atoms with van der Waals surface area (Å²) in [6, 6.07) is 6.10. The molecule has 38 heavy (non-hydrogen) atoms. The van der Waals surface area contributed by atoms with E-state index in [-0.39, 0.29) is 16.7 Å². The van der Waals surface area contributed by atoms with E-state index >= 15 is 0 Å². The number of rotatable bonds is 6. The zero-order chi connectivity index (χ0) is 26.9. The maximum atomic E-state index is 13.6. The van der Waals surface area contributed by atoms with E-state index in [2.05, 4.69) is 24.1 Å². The van der Waals surface area contributed by atoms with Gasteiger partial charge in [-0.2, -0.15) is 4.31 Å². The second-order valence-electron chi connectivity index (χ2n) is 10.3. The van der Waals surface area contributed by atoms with Gasteiger partial charge in [-0.05, 0) is 61.6 Å². The molecular weight excluding hydrogens is 524 g/mol. The number of carbonyl (C=O) groups is 2. The molecule has 0 bridgehead atoms. The number of nitrogens with one attached hydrogen (secondary N) is 1. The molecule has 0 aliphatic carbocycles. The Bertz CT molecular complexity index is 1290. The summed E-state index contributed by atoms with van der Waals surface area (Å²) in [4.78, 5) is 32.3. The molecule has 3 aliphatic rings. The van der Waals surface area contributed by atoms with Crippen LogP contribution >= 0.6 is 11.3 Å². The first-order valence-electron chi connectivity index (χ1n) is 13.4. The summed E-state index contributed by atoms with van der Waals surface area (Å²) in [6.07, 6.45) is 2.65. The Labute approximate surface area is 228 Å². The van der Waals surface area contributed by atoms with Crippen molar-refractivity contribution in [2.45, 2.75) is 44.6 Å². The van der Waals surface area contributed by atoms with E-state index in [0.717, 1.165) is 49.3 Å². The van der Waals surface area contributed by atoms with Crippen molar-refractivity contribution >= 4 is 38.2 Å². The predicted molar refractivity (Wildman–Crippen MR) is 147 cm³/mol. The number of anilines is 1. The summed E-state index contributed by atoms with van der Waals surface area (Å²) in [5.74, 6) is -0.0928. The van der Waals surface area contributed by atoms with E-state index in [1.807, 2.05) is 0 Å². The van der Waals surface area contributed by atoms with Crippen LogP contribution in [0.4, 0.5) is 5.00 Å². The number of benzene rings is 1. The molecule has 5 rings (SSSR count). The number of fused-ring (bicyclic) bond motifs is 1. The van der Waals surface area contributed by atoms with Gasteiger partial charge in [0.25, 0.3) is 11.8 Å². The van der Waals surface area contributed by atoms with Crippen LogP contribution in [0.1, 0.15) is 57.8 Å². The molecule has 0 spiro atoms. The third-order valence-electron chi connectivity index (χ3n) is 7.70. The molecular formula is C27H36N4O5S2. The molecule has 2 aromatic rings. The molecule has 11 heteroatoms. The lowest BCUT2D eigenvalue weighted by Gasteiger charge is -2.30. The van der Waals surface area contributed by atoms with Crippen LogP contribution in [0.25, 0.3) is 0 Å². The molecule has 206 valence electrons. The third-order valence-corrected chi connectivity index (χ3v) is 10.7. The predicted octanol–water partition coefficient (Wildman–Crippen LogP) is 3.27. The SMILES string of the molecule is CCN1CCc2c(sc(NC(=O)c3ccc(S(=O)(=O)N4CCCC(C)C4)cc3)c2C(=O)N2CCOCC2)C1. The number of likely N-dealkylation sites (N-methyl/N-ethyl adjacent to an activating group) is 1. The summed E-state index contributed by atoms with van der Waals surface area (Å²) < 4.78 is 33.2. The van der Waals surface area contributed by atoms with Gasteiger partial charge in [-0.15, -0.1) is 11.3 Å². The molecule has 9 nitrogen and oxygen atoms in total. The minimum Gasteiger partial charge on any atom is -0.378 e. The van der Waals surface area contributed by atoms with E-state index in [1.54, 1.807) is 17.0 Å². The minimum atomic E-state index is -3.60. The Morgan fingerprint density at radius 1 is 1.11 bits per heavy atom. The topological polar surface area (TPSA) is 99.3 Å². The normalized spacial score (nSPS) is 21.2. The van der Waals surface area contributed by atoms with Gasteiger partial charge in [-0.1, -0.05) is 13.8 Å². The largest absolute Gasteiger partial charge is 0.378 e. The number of carbonyl (C=O) groups excluding carboxylic acids is 2. The monoisotopic (exact) mass is 560 g/mol. The van der Waals surface area contributed by atoms with Gasteiger partial charge in [0.1, 0.15) is 5.00 Å². The Hall–Kier alpha value is -2.31. The molecule has 2 saturated heterocycles. The first-order valence-corrected chi connectivity index (χ1v) is 15.7. The first-order chi connectivity index (χ1) is 18.3. The van der Waals surface area contributed by atoms with Crippen LogP contribution in [0, 0.1) is 5.92 Å². The van der Waals surface area contributed by atoms with Gasteiger partial charge >= 0.3 is 0 Å². The van der Waals surface area contributed by atoms with Gasteiger partial charge in [-0.25, -0.2) is 8.42 Å². The Kier molecular flexibility index (Phi) is 8.20. The molecule has 1 unspecified atom stereocenters. The van der Waals surface area contributed by atoms with Crippen LogP contribution in [-0.2, 0) is 27.7 Å². The second kappa shape index (κ2) is 11.4. The lowest BCUT2D eigenvalue weighted by atomic mass is 10.0. The molecule has 2 amide bonds. The van der Waals surface area contributed by atoms with Crippen molar-refractivity contribution in [3.63, 3.8) is 0 Å². The smallest absolute Gasteiger partial charge is 0.257 e. The zero-order valence-electron chi connectivity index (χ0n) is 22.1. The fraction of sp³-hybridized carbons (Fsp3) is 0.556. The van der Waals surface area contributed by atoms with Crippen molar-refractivity contribution in [3.05, 3.63) is 45.8 Å². The molecule has 3 aliphatic heterocycles. The molecule has 4 heterocycles. The lowest BCUT2D eigenvalue weighted by Crippen LogP contribution is -2.41. The summed E-state index contributed by atoms with van der Waals surface area (Å²) in [5, 5.41) is 3.55. The van der Waals surface area contributed by atoms with Gasteiger partial charge in [-0.3, -0.25) is 14.5 Å². The first kappa shape index (κ1) is 27.3. The van der Waals surface area contributed by atoms with Crippen LogP contribution in [0.5, 0.6) is 0 Å². The van der Waals surface area contributed by atoms with E-state index in [1.165, 1.54) is 27.8 Å². The number of nitrogens with zero attached hydrogens (tertiary/aromatic N) is 3. The van der Waals surface area contributed by atoms with Crippen molar-refractivity contribution in [3.8, 4) is 0 Å². The standard InChI is InChI=1S/C27H36N4O5S2/c1-3-29-12-10-22-23(18-29)37-26(24(22)27(33)30-13-15-36-16-14-30)28-25(32)20-6-8-21(9-7-20)38(34,35)31-11-4-5-19(2)17-31/h6-9,19H,3-5,10-18H2,1-2H3,(H,28,32). The van der Waals surface area contributed by atoms with Crippen molar-refractivity contribution in [1.82, 2.24) is 14.1 Å². The van der Waals surface area contributed by atoms with Crippen molar-refractivity contribution in [1.29, 1.82) is 0 Å². The zero-order valence-corrected chi connectivity index (χ0v) is 23.7. The number of morpholine rings is 1. The van der Waals surface area contributed by atoms with Gasteiger partial charge in [0, 0.05) is 49.7 Å². The fourth-order valence-electron chi connectivity index (χ4n) is 5.43. The number of piperidine rings is 1. The molecule has 1 atom stereocenters. The number of sulfonamides is 1. The molecule has 1 aromatic carbocycles. The van der Waals surface area contributed by atoms with E-state index in [9.17, 15) is 18.0 Å². The summed E-state index contributed by atoms with van der Waals surface area (Å²) >= 11 is 1.47. The van der Waals surface area contributed by atoms with E-state index in [4.69, 9.17) is 4.74 Å². The number of hydrogen-bond donors (Lipinski definition) is 1. The minimum absolute atomic E-state index is 0.0664. The maximum Gasteiger partial charge on any atom is 0.257 e. The highest BCUT2D eigenvalue weighted by Gasteiger charge is 2.32. The highest BCUT2D eigenvalue weighted by atomic mass is 32.2.